The minimum Gasteiger partial charge on any atom is -0.394 e. The van der Waals surface area contributed by atoms with Gasteiger partial charge in [-0.25, -0.2) is 4.79 Å². The molecule has 2 unspecified atom stereocenters. The number of imide groups is 1. The molecule has 2 heterocycles. The first kappa shape index (κ1) is 18.0. The molecule has 0 bridgehead atoms. The molecular formula is C13H22N3O7. The number of aliphatic hydroxyl groups is 3. The molecule has 2 aliphatic heterocycles. The predicted molar refractivity (Wildman–Crippen MR) is 73.8 cm³/mol. The van der Waals surface area contributed by atoms with Crippen molar-refractivity contribution in [3.63, 3.8) is 0 Å². The highest BCUT2D eigenvalue weighted by Gasteiger charge is 2.52. The number of nitrogens with one attached hydrogen (secondary N) is 1. The van der Waals surface area contributed by atoms with Crippen molar-refractivity contribution in [1.29, 1.82) is 0 Å². The lowest BCUT2D eigenvalue weighted by atomic mass is 10.0. The van der Waals surface area contributed by atoms with Gasteiger partial charge in [0.25, 0.3) is 5.91 Å². The van der Waals surface area contributed by atoms with Gasteiger partial charge in [-0.3, -0.25) is 15.0 Å². The molecule has 2 fully saturated rings. The van der Waals surface area contributed by atoms with Gasteiger partial charge in [-0.1, -0.05) is 0 Å². The first-order valence-electron chi connectivity index (χ1n) is 7.30. The maximum atomic E-state index is 12.5. The number of amides is 3. The monoisotopic (exact) mass is 332 g/mol. The van der Waals surface area contributed by atoms with Crippen LogP contribution in [0.3, 0.4) is 0 Å². The van der Waals surface area contributed by atoms with Crippen LogP contribution in [0.2, 0.25) is 0 Å². The van der Waals surface area contributed by atoms with Crippen LogP contribution in [-0.4, -0.2) is 80.1 Å². The smallest absolute Gasteiger partial charge is 0.327 e. The fourth-order valence-corrected chi connectivity index (χ4v) is 2.64. The van der Waals surface area contributed by atoms with Crippen LogP contribution in [0.25, 0.3) is 0 Å². The van der Waals surface area contributed by atoms with Crippen molar-refractivity contribution in [3.05, 3.63) is 0 Å². The first-order valence-corrected chi connectivity index (χ1v) is 7.30. The van der Waals surface area contributed by atoms with Crippen LogP contribution in [0, 0.1) is 0 Å². The molecule has 2 saturated heterocycles. The molecular weight excluding hydrogens is 310 g/mol. The van der Waals surface area contributed by atoms with E-state index in [9.17, 15) is 25.0 Å². The molecule has 2 aliphatic rings. The highest BCUT2D eigenvalue weighted by atomic mass is 16.6. The van der Waals surface area contributed by atoms with Gasteiger partial charge >= 0.3 is 6.03 Å². The van der Waals surface area contributed by atoms with E-state index in [1.807, 2.05) is 5.32 Å². The molecule has 131 valence electrons. The number of carbonyl (C=O) groups is 2. The quantitative estimate of drug-likeness (QED) is 0.444. The van der Waals surface area contributed by atoms with Crippen LogP contribution in [0.5, 0.6) is 0 Å². The maximum absolute atomic E-state index is 12.5. The largest absolute Gasteiger partial charge is 0.394 e. The van der Waals surface area contributed by atoms with Crippen molar-refractivity contribution >= 4 is 11.9 Å². The van der Waals surface area contributed by atoms with Crippen LogP contribution in [-0.2, 0) is 14.7 Å². The second-order valence-corrected chi connectivity index (χ2v) is 6.67. The second-order valence-electron chi connectivity index (χ2n) is 6.67. The Kier molecular flexibility index (Phi) is 4.95. The molecule has 0 aliphatic carbocycles. The van der Waals surface area contributed by atoms with Gasteiger partial charge in [-0.05, 0) is 20.8 Å². The van der Waals surface area contributed by atoms with E-state index in [1.165, 1.54) is 0 Å². The Morgan fingerprint density at radius 3 is 2.43 bits per heavy atom. The summed E-state index contributed by atoms with van der Waals surface area (Å²) in [6.07, 6.45) is -6.28. The summed E-state index contributed by atoms with van der Waals surface area (Å²) in [5.41, 5.74) is -0.991. The summed E-state index contributed by atoms with van der Waals surface area (Å²) < 4.78 is 5.39. The summed E-state index contributed by atoms with van der Waals surface area (Å²) in [5, 5.41) is 44.0. The number of nitrogens with zero attached hydrogens (tertiary/aromatic N) is 2. The van der Waals surface area contributed by atoms with Crippen molar-refractivity contribution in [1.82, 2.24) is 15.3 Å². The minimum absolute atomic E-state index is 0.0476. The van der Waals surface area contributed by atoms with E-state index in [4.69, 9.17) is 9.84 Å². The minimum atomic E-state index is -1.77. The number of ether oxygens (including phenoxy) is 1. The Bertz CT molecular complexity index is 481. The molecule has 10 nitrogen and oxygen atoms in total. The van der Waals surface area contributed by atoms with E-state index < -0.39 is 54.8 Å². The van der Waals surface area contributed by atoms with E-state index in [0.29, 0.717) is 5.06 Å². The molecule has 3 amide bonds. The molecule has 4 N–H and O–H groups in total. The van der Waals surface area contributed by atoms with E-state index in [-0.39, 0.29) is 6.42 Å². The zero-order valence-corrected chi connectivity index (χ0v) is 13.2. The summed E-state index contributed by atoms with van der Waals surface area (Å²) in [7, 11) is 0. The number of aliphatic hydroxyl groups excluding tert-OH is 3. The predicted octanol–water partition coefficient (Wildman–Crippen LogP) is -1.86. The van der Waals surface area contributed by atoms with Crippen molar-refractivity contribution in [2.45, 2.75) is 63.4 Å². The van der Waals surface area contributed by atoms with E-state index in [2.05, 4.69) is 0 Å². The van der Waals surface area contributed by atoms with Gasteiger partial charge in [0.2, 0.25) is 0 Å². The van der Waals surface area contributed by atoms with E-state index >= 15 is 0 Å². The number of hydrogen-bond acceptors (Lipinski definition) is 7. The van der Waals surface area contributed by atoms with Gasteiger partial charge in [0.15, 0.2) is 12.3 Å². The Morgan fingerprint density at radius 1 is 1.35 bits per heavy atom. The molecule has 0 aromatic heterocycles. The summed E-state index contributed by atoms with van der Waals surface area (Å²) >= 11 is 0. The zero-order valence-electron chi connectivity index (χ0n) is 13.2. The zero-order chi connectivity index (χ0) is 17.5. The Hall–Kier alpha value is -1.30. The molecule has 2 rings (SSSR count). The Labute approximate surface area is 133 Å². The van der Waals surface area contributed by atoms with Gasteiger partial charge in [-0.15, -0.1) is 10.3 Å². The SMILES string of the molecule is CC(C)(C)N([O])C1C(O)C(=O)NC(=O)N1[C@H]1C[C@H](O)[C@@H](CO)O1. The molecule has 1 radical (unpaired) electrons. The van der Waals surface area contributed by atoms with Crippen molar-refractivity contribution in [3.8, 4) is 0 Å². The lowest BCUT2D eigenvalue weighted by Crippen LogP contribution is -2.71. The highest BCUT2D eigenvalue weighted by molar-refractivity contribution is 5.99. The lowest BCUT2D eigenvalue weighted by molar-refractivity contribution is -0.293. The van der Waals surface area contributed by atoms with Gasteiger partial charge in [0.1, 0.15) is 12.3 Å². The van der Waals surface area contributed by atoms with Crippen molar-refractivity contribution in [2.75, 3.05) is 6.61 Å². The van der Waals surface area contributed by atoms with Crippen LogP contribution >= 0.6 is 0 Å². The molecule has 5 atom stereocenters. The molecule has 0 aromatic carbocycles. The summed E-state index contributed by atoms with van der Waals surface area (Å²) in [6.45, 7) is 4.26. The van der Waals surface area contributed by atoms with Crippen LogP contribution in [0.4, 0.5) is 4.79 Å². The molecule has 10 heteroatoms. The summed E-state index contributed by atoms with van der Waals surface area (Å²) in [5.74, 6) is -0.974. The summed E-state index contributed by atoms with van der Waals surface area (Å²) in [4.78, 5) is 24.8. The van der Waals surface area contributed by atoms with Gasteiger partial charge in [0.05, 0.1) is 12.7 Å². The van der Waals surface area contributed by atoms with Crippen molar-refractivity contribution < 1.29 is 34.9 Å². The highest BCUT2D eigenvalue weighted by Crippen LogP contribution is 2.30. The van der Waals surface area contributed by atoms with Crippen LogP contribution in [0.15, 0.2) is 0 Å². The Balaban J connectivity index is 2.33. The fraction of sp³-hybridized carbons (Fsp3) is 0.846. The third-order valence-corrected chi connectivity index (χ3v) is 3.90. The number of hydroxylamine groups is 2. The van der Waals surface area contributed by atoms with Gasteiger partial charge in [-0.2, -0.15) is 0 Å². The van der Waals surface area contributed by atoms with Gasteiger partial charge < -0.3 is 20.1 Å². The third-order valence-electron chi connectivity index (χ3n) is 3.90. The standard InChI is InChI=1S/C13H22N3O7/c1-13(2,3)16(22)11-9(19)10(20)14-12(21)15(11)8-4-6(18)7(5-17)23-8/h6-9,11,17-19H,4-5H2,1-3H3,(H,14,20,21)/t6-,7+,8+,9?,11?/m0/s1. The number of carbonyl (C=O) groups excluding carboxylic acids is 2. The average molecular weight is 332 g/mol. The second kappa shape index (κ2) is 6.30. The van der Waals surface area contributed by atoms with E-state index in [0.717, 1.165) is 4.90 Å². The number of hydrogen-bond donors (Lipinski definition) is 4. The normalized spacial score (nSPS) is 35.8. The molecule has 0 saturated carbocycles. The average Bonchev–Trinajstić information content (AvgIpc) is 2.81. The van der Waals surface area contributed by atoms with E-state index in [1.54, 1.807) is 20.8 Å². The topological polar surface area (TPSA) is 142 Å². The number of rotatable bonds is 3. The first-order chi connectivity index (χ1) is 10.6. The molecule has 0 spiro atoms. The fourth-order valence-electron chi connectivity index (χ4n) is 2.64. The van der Waals surface area contributed by atoms with Crippen LogP contribution < -0.4 is 5.32 Å². The third kappa shape index (κ3) is 3.32. The number of urea groups is 1. The molecule has 0 aromatic rings. The molecule has 23 heavy (non-hydrogen) atoms. The van der Waals surface area contributed by atoms with Crippen LogP contribution in [0.1, 0.15) is 27.2 Å². The lowest BCUT2D eigenvalue weighted by Gasteiger charge is -2.46. The Morgan fingerprint density at radius 2 is 1.96 bits per heavy atom. The maximum Gasteiger partial charge on any atom is 0.327 e. The van der Waals surface area contributed by atoms with Crippen molar-refractivity contribution in [2.24, 2.45) is 0 Å². The van der Waals surface area contributed by atoms with Gasteiger partial charge in [0, 0.05) is 12.0 Å². The summed E-state index contributed by atoms with van der Waals surface area (Å²) in [6, 6.07) is -0.897.